The van der Waals surface area contributed by atoms with Gasteiger partial charge in [-0.3, -0.25) is 0 Å². The molecule has 0 fully saturated rings. The normalized spacial score (nSPS) is 8.25. The topological polar surface area (TPSA) is 0 Å². The van der Waals surface area contributed by atoms with Crippen LogP contribution >= 0.6 is 0 Å². The van der Waals surface area contributed by atoms with Crippen molar-refractivity contribution in [2.75, 3.05) is 0 Å². The highest BCUT2D eigenvalue weighted by Crippen LogP contribution is 1.95. The summed E-state index contributed by atoms with van der Waals surface area (Å²) in [5.74, 6) is 0. The van der Waals surface area contributed by atoms with E-state index in [0.717, 1.165) is 0 Å². The monoisotopic (exact) mass is 320 g/mol. The van der Waals surface area contributed by atoms with E-state index < -0.39 is 0 Å². The molecule has 0 aromatic heterocycles. The molecule has 0 heterocycles. The molecular formula is C24H32. The van der Waals surface area contributed by atoms with Crippen LogP contribution in [-0.4, -0.2) is 0 Å². The van der Waals surface area contributed by atoms with Gasteiger partial charge in [-0.1, -0.05) is 149 Å². The Morgan fingerprint density at radius 2 is 0.417 bits per heavy atom. The highest BCUT2D eigenvalue weighted by molar-refractivity contribution is 5.00. The predicted molar refractivity (Wildman–Crippen MR) is 109 cm³/mol. The van der Waals surface area contributed by atoms with Crippen molar-refractivity contribution in [3.63, 3.8) is 0 Å². The van der Waals surface area contributed by atoms with E-state index in [2.05, 4.69) is 13.8 Å². The lowest BCUT2D eigenvalue weighted by Crippen LogP contribution is -1.66. The molecule has 0 amide bonds. The minimum absolute atomic E-state index is 1.36. The fraction of sp³-hybridized carbons (Fsp3) is 0.250. The largest absolute Gasteiger partial charge is 0.0654 e. The fourth-order valence-corrected chi connectivity index (χ4v) is 1.65. The smallest absolute Gasteiger partial charge is 0.0536 e. The van der Waals surface area contributed by atoms with Gasteiger partial charge in [0.1, 0.15) is 0 Å². The van der Waals surface area contributed by atoms with Crippen LogP contribution in [0.15, 0.2) is 109 Å². The van der Waals surface area contributed by atoms with E-state index in [9.17, 15) is 0 Å². The molecule has 3 aromatic rings. The van der Waals surface area contributed by atoms with Gasteiger partial charge in [0.05, 0.1) is 0 Å². The molecule has 0 N–H and O–H groups in total. The van der Waals surface area contributed by atoms with E-state index >= 15 is 0 Å². The molecule has 0 nitrogen and oxygen atoms in total. The lowest BCUT2D eigenvalue weighted by molar-refractivity contribution is 0.702. The second-order valence-electron chi connectivity index (χ2n) is 5.17. The lowest BCUT2D eigenvalue weighted by Gasteiger charge is -1.86. The van der Waals surface area contributed by atoms with E-state index in [1.54, 1.807) is 0 Å². The zero-order valence-electron chi connectivity index (χ0n) is 15.2. The van der Waals surface area contributed by atoms with Crippen LogP contribution in [0.25, 0.3) is 0 Å². The Morgan fingerprint density at radius 1 is 0.292 bits per heavy atom. The van der Waals surface area contributed by atoms with Gasteiger partial charge in [-0.2, -0.15) is 0 Å². The molecule has 24 heavy (non-hydrogen) atoms. The van der Waals surface area contributed by atoms with Crippen molar-refractivity contribution in [3.8, 4) is 0 Å². The maximum absolute atomic E-state index is 2.23. The summed E-state index contributed by atoms with van der Waals surface area (Å²) in [5.41, 5.74) is 0. The molecule has 0 saturated carbocycles. The second kappa shape index (κ2) is 20.7. The molecule has 0 atom stereocenters. The summed E-state index contributed by atoms with van der Waals surface area (Å²) in [6, 6.07) is 36.0. The van der Waals surface area contributed by atoms with Crippen molar-refractivity contribution in [2.45, 2.75) is 39.5 Å². The highest BCUT2D eigenvalue weighted by Gasteiger charge is 1.75. The average Bonchev–Trinajstić information content (AvgIpc) is 2.72. The van der Waals surface area contributed by atoms with Crippen LogP contribution < -0.4 is 0 Å². The third-order valence-corrected chi connectivity index (χ3v) is 2.96. The summed E-state index contributed by atoms with van der Waals surface area (Å²) in [6.07, 6.45) is 5.54. The van der Waals surface area contributed by atoms with E-state index in [0.29, 0.717) is 0 Å². The molecule has 0 heteroatoms. The van der Waals surface area contributed by atoms with Gasteiger partial charge in [0, 0.05) is 0 Å². The quantitative estimate of drug-likeness (QED) is 0.435. The van der Waals surface area contributed by atoms with Crippen molar-refractivity contribution < 1.29 is 0 Å². The molecule has 0 aliphatic rings. The van der Waals surface area contributed by atoms with Crippen molar-refractivity contribution in [2.24, 2.45) is 0 Å². The second-order valence-corrected chi connectivity index (χ2v) is 5.17. The minimum atomic E-state index is 1.36. The molecule has 0 bridgehead atoms. The lowest BCUT2D eigenvalue weighted by atomic mass is 10.2. The maximum Gasteiger partial charge on any atom is -0.0536 e. The standard InChI is InChI=1S/3C6H6.C6H14/c3*1-2-4-6-5-3-1;1-3-5-6-4-2/h3*1-6H;3-6H2,1-2H3. The zero-order valence-corrected chi connectivity index (χ0v) is 15.2. The summed E-state index contributed by atoms with van der Waals surface area (Å²) in [7, 11) is 0. The van der Waals surface area contributed by atoms with Crippen molar-refractivity contribution >= 4 is 0 Å². The van der Waals surface area contributed by atoms with E-state index in [1.807, 2.05) is 109 Å². The Morgan fingerprint density at radius 3 is 0.500 bits per heavy atom. The number of hydrogen-bond acceptors (Lipinski definition) is 0. The van der Waals surface area contributed by atoms with E-state index in [-0.39, 0.29) is 0 Å². The van der Waals surface area contributed by atoms with Gasteiger partial charge in [0.25, 0.3) is 0 Å². The first-order chi connectivity index (χ1) is 11.9. The Kier molecular flexibility index (Phi) is 18.6. The molecule has 0 spiro atoms. The highest BCUT2D eigenvalue weighted by atomic mass is 13.8. The zero-order chi connectivity index (χ0) is 17.6. The van der Waals surface area contributed by atoms with Gasteiger partial charge in [-0.15, -0.1) is 0 Å². The first kappa shape index (κ1) is 21.7. The molecule has 0 aliphatic carbocycles. The minimum Gasteiger partial charge on any atom is -0.0654 e. The number of rotatable bonds is 3. The summed E-state index contributed by atoms with van der Waals surface area (Å²) in [4.78, 5) is 0. The Balaban J connectivity index is 0.000000294. The van der Waals surface area contributed by atoms with Crippen LogP contribution in [0.1, 0.15) is 39.5 Å². The predicted octanol–water partition coefficient (Wildman–Crippen LogP) is 7.65. The van der Waals surface area contributed by atoms with Crippen molar-refractivity contribution in [3.05, 3.63) is 109 Å². The van der Waals surface area contributed by atoms with Gasteiger partial charge in [-0.05, 0) is 0 Å². The molecular weight excluding hydrogens is 288 g/mol. The molecule has 0 saturated heterocycles. The maximum atomic E-state index is 2.23. The summed E-state index contributed by atoms with van der Waals surface area (Å²) >= 11 is 0. The Bertz CT molecular complexity index is 343. The van der Waals surface area contributed by atoms with Crippen LogP contribution in [0.2, 0.25) is 0 Å². The molecule has 0 unspecified atom stereocenters. The summed E-state index contributed by atoms with van der Waals surface area (Å²) in [5, 5.41) is 0. The first-order valence-electron chi connectivity index (χ1n) is 8.91. The fourth-order valence-electron chi connectivity index (χ4n) is 1.65. The summed E-state index contributed by atoms with van der Waals surface area (Å²) in [6.45, 7) is 4.46. The Hall–Kier alpha value is -2.34. The SMILES string of the molecule is CCCCCC.c1ccccc1.c1ccccc1.c1ccccc1. The molecule has 3 aromatic carbocycles. The molecule has 128 valence electrons. The van der Waals surface area contributed by atoms with Crippen LogP contribution in [0.4, 0.5) is 0 Å². The van der Waals surface area contributed by atoms with Crippen LogP contribution in [-0.2, 0) is 0 Å². The van der Waals surface area contributed by atoms with E-state index in [1.165, 1.54) is 25.7 Å². The van der Waals surface area contributed by atoms with Crippen LogP contribution in [0, 0.1) is 0 Å². The third-order valence-electron chi connectivity index (χ3n) is 2.96. The van der Waals surface area contributed by atoms with Crippen molar-refractivity contribution in [1.29, 1.82) is 0 Å². The molecule has 0 aliphatic heterocycles. The molecule has 3 rings (SSSR count). The van der Waals surface area contributed by atoms with Gasteiger partial charge < -0.3 is 0 Å². The number of benzene rings is 3. The van der Waals surface area contributed by atoms with Gasteiger partial charge in [0.2, 0.25) is 0 Å². The average molecular weight is 321 g/mol. The van der Waals surface area contributed by atoms with Gasteiger partial charge >= 0.3 is 0 Å². The van der Waals surface area contributed by atoms with E-state index in [4.69, 9.17) is 0 Å². The Labute approximate surface area is 149 Å². The number of unbranched alkanes of at least 4 members (excludes halogenated alkanes) is 3. The van der Waals surface area contributed by atoms with Gasteiger partial charge in [0.15, 0.2) is 0 Å². The molecule has 0 radical (unpaired) electrons. The third kappa shape index (κ3) is 19.7. The van der Waals surface area contributed by atoms with Crippen LogP contribution in [0.5, 0.6) is 0 Å². The number of hydrogen-bond donors (Lipinski definition) is 0. The van der Waals surface area contributed by atoms with Gasteiger partial charge in [-0.25, -0.2) is 0 Å². The summed E-state index contributed by atoms with van der Waals surface area (Å²) < 4.78 is 0. The van der Waals surface area contributed by atoms with Crippen LogP contribution in [0.3, 0.4) is 0 Å². The van der Waals surface area contributed by atoms with Crippen molar-refractivity contribution in [1.82, 2.24) is 0 Å². The first-order valence-corrected chi connectivity index (χ1v) is 8.91.